The van der Waals surface area contributed by atoms with E-state index in [0.29, 0.717) is 5.75 Å². The van der Waals surface area contributed by atoms with Crippen LogP contribution in [0.15, 0.2) is 36.4 Å². The number of thioether (sulfide) groups is 1. The summed E-state index contributed by atoms with van der Waals surface area (Å²) in [5.41, 5.74) is 1.79. The molecule has 106 valence electrons. The maximum atomic E-state index is 12.0. The Morgan fingerprint density at radius 1 is 1.30 bits per heavy atom. The van der Waals surface area contributed by atoms with Gasteiger partial charge in [-0.05, 0) is 30.5 Å². The van der Waals surface area contributed by atoms with Gasteiger partial charge in [-0.15, -0.1) is 11.8 Å². The summed E-state index contributed by atoms with van der Waals surface area (Å²) in [5, 5.41) is 11.5. The Morgan fingerprint density at radius 3 is 2.75 bits per heavy atom. The Kier molecular flexibility index (Phi) is 5.24. The highest BCUT2D eigenvalue weighted by Gasteiger charge is 2.19. The first-order chi connectivity index (χ1) is 9.65. The Balaban J connectivity index is 1.88. The molecule has 0 saturated heterocycles. The number of carbonyl (C=O) groups excluding carboxylic acids is 1. The van der Waals surface area contributed by atoms with Crippen molar-refractivity contribution in [2.24, 2.45) is 5.92 Å². The Labute approximate surface area is 122 Å². The fourth-order valence-electron chi connectivity index (χ4n) is 2.07. The van der Waals surface area contributed by atoms with Crippen LogP contribution in [0, 0.1) is 5.92 Å². The molecule has 5 heteroatoms. The molecule has 0 radical (unpaired) electrons. The lowest BCUT2D eigenvalue weighted by Gasteiger charge is -2.11. The molecule has 20 heavy (non-hydrogen) atoms. The van der Waals surface area contributed by atoms with Crippen LogP contribution in [-0.4, -0.2) is 22.7 Å². The summed E-state index contributed by atoms with van der Waals surface area (Å²) in [7, 11) is 0. The van der Waals surface area contributed by atoms with E-state index in [1.165, 1.54) is 11.8 Å². The lowest BCUT2D eigenvalue weighted by atomic mass is 10.1. The molecule has 0 atom stereocenters. The van der Waals surface area contributed by atoms with Crippen LogP contribution in [-0.2, 0) is 15.3 Å². The van der Waals surface area contributed by atoms with Gasteiger partial charge in [0.05, 0.1) is 5.75 Å². The zero-order valence-electron chi connectivity index (χ0n) is 11.0. The van der Waals surface area contributed by atoms with Crippen molar-refractivity contribution in [2.75, 3.05) is 11.1 Å². The molecule has 0 fully saturated rings. The van der Waals surface area contributed by atoms with Gasteiger partial charge in [0.1, 0.15) is 0 Å². The number of rotatable bonds is 6. The van der Waals surface area contributed by atoms with E-state index in [4.69, 9.17) is 5.11 Å². The van der Waals surface area contributed by atoms with Gasteiger partial charge in [0.15, 0.2) is 0 Å². The van der Waals surface area contributed by atoms with Crippen molar-refractivity contribution >= 4 is 29.3 Å². The Morgan fingerprint density at radius 2 is 2.05 bits per heavy atom. The van der Waals surface area contributed by atoms with Gasteiger partial charge in [0.2, 0.25) is 5.91 Å². The maximum Gasteiger partial charge on any atom is 0.313 e. The summed E-state index contributed by atoms with van der Waals surface area (Å²) in [6.45, 7) is 0. The molecular formula is C15H17NO3S. The maximum absolute atomic E-state index is 12.0. The van der Waals surface area contributed by atoms with Crippen molar-refractivity contribution in [3.8, 4) is 0 Å². The minimum absolute atomic E-state index is 0.0417. The summed E-state index contributed by atoms with van der Waals surface area (Å²) in [4.78, 5) is 22.5. The molecule has 1 aliphatic rings. The topological polar surface area (TPSA) is 66.4 Å². The van der Waals surface area contributed by atoms with Crippen molar-refractivity contribution in [1.82, 2.24) is 0 Å². The molecule has 1 amide bonds. The monoisotopic (exact) mass is 291 g/mol. The molecule has 0 aromatic heterocycles. The molecule has 0 unspecified atom stereocenters. The molecule has 0 heterocycles. The van der Waals surface area contributed by atoms with E-state index in [1.54, 1.807) is 0 Å². The lowest BCUT2D eigenvalue weighted by molar-refractivity contribution is -0.133. The number of allylic oxidation sites excluding steroid dienone is 2. The molecule has 2 rings (SSSR count). The third-order valence-electron chi connectivity index (χ3n) is 3.07. The third-order valence-corrected chi connectivity index (χ3v) is 4.06. The molecular weight excluding hydrogens is 274 g/mol. The highest BCUT2D eigenvalue weighted by atomic mass is 32.2. The molecule has 2 N–H and O–H groups in total. The molecule has 1 aliphatic carbocycles. The van der Waals surface area contributed by atoms with E-state index >= 15 is 0 Å². The minimum Gasteiger partial charge on any atom is -0.481 e. The van der Waals surface area contributed by atoms with Gasteiger partial charge in [-0.25, -0.2) is 0 Å². The lowest BCUT2D eigenvalue weighted by Crippen LogP contribution is -2.20. The number of amides is 1. The Hall–Kier alpha value is -1.75. The van der Waals surface area contributed by atoms with Gasteiger partial charge in [-0.2, -0.15) is 0 Å². The van der Waals surface area contributed by atoms with Crippen molar-refractivity contribution < 1.29 is 14.7 Å². The number of anilines is 1. The van der Waals surface area contributed by atoms with Gasteiger partial charge < -0.3 is 10.4 Å². The zero-order chi connectivity index (χ0) is 14.4. The normalized spacial score (nSPS) is 14.4. The second-order valence-electron chi connectivity index (χ2n) is 4.72. The second kappa shape index (κ2) is 7.14. The standard InChI is InChI=1S/C15H17NO3S/c17-14(18)10-20-9-11-4-3-7-13(8-11)16-15(19)12-5-1-2-6-12/h1-4,7-8,12H,5-6,9-10H2,(H,16,19)(H,17,18). The first-order valence-corrected chi connectivity index (χ1v) is 7.65. The molecule has 0 saturated carbocycles. The van der Waals surface area contributed by atoms with E-state index in [-0.39, 0.29) is 17.6 Å². The molecule has 0 spiro atoms. The van der Waals surface area contributed by atoms with Gasteiger partial charge >= 0.3 is 5.97 Å². The second-order valence-corrected chi connectivity index (χ2v) is 5.70. The summed E-state index contributed by atoms with van der Waals surface area (Å²) < 4.78 is 0. The summed E-state index contributed by atoms with van der Waals surface area (Å²) >= 11 is 1.35. The van der Waals surface area contributed by atoms with Gasteiger partial charge in [0.25, 0.3) is 0 Å². The van der Waals surface area contributed by atoms with E-state index in [0.717, 1.165) is 24.1 Å². The zero-order valence-corrected chi connectivity index (χ0v) is 11.9. The number of hydrogen-bond donors (Lipinski definition) is 2. The summed E-state index contributed by atoms with van der Waals surface area (Å²) in [6.07, 6.45) is 5.67. The smallest absolute Gasteiger partial charge is 0.313 e. The summed E-state index contributed by atoms with van der Waals surface area (Å²) in [5.74, 6) is -0.00993. The molecule has 0 bridgehead atoms. The van der Waals surface area contributed by atoms with Crippen molar-refractivity contribution in [1.29, 1.82) is 0 Å². The van der Waals surface area contributed by atoms with E-state index in [9.17, 15) is 9.59 Å². The predicted octanol–water partition coefficient (Wildman–Crippen LogP) is 2.91. The van der Waals surface area contributed by atoms with Crippen LogP contribution in [0.1, 0.15) is 18.4 Å². The minimum atomic E-state index is -0.812. The molecule has 4 nitrogen and oxygen atoms in total. The first kappa shape index (κ1) is 14.7. The largest absolute Gasteiger partial charge is 0.481 e. The SMILES string of the molecule is O=C(O)CSCc1cccc(NC(=O)C2CC=CC2)c1. The Bertz CT molecular complexity index is 520. The van der Waals surface area contributed by atoms with Crippen LogP contribution in [0.5, 0.6) is 0 Å². The average molecular weight is 291 g/mol. The van der Waals surface area contributed by atoms with Crippen LogP contribution in [0.3, 0.4) is 0 Å². The van der Waals surface area contributed by atoms with E-state index < -0.39 is 5.97 Å². The number of carbonyl (C=O) groups is 2. The van der Waals surface area contributed by atoms with Crippen LogP contribution in [0.25, 0.3) is 0 Å². The van der Waals surface area contributed by atoms with E-state index in [1.807, 2.05) is 36.4 Å². The fourth-order valence-corrected chi connectivity index (χ4v) is 2.76. The summed E-state index contributed by atoms with van der Waals surface area (Å²) in [6, 6.07) is 7.56. The number of nitrogens with one attached hydrogen (secondary N) is 1. The van der Waals surface area contributed by atoms with Crippen molar-refractivity contribution in [3.05, 3.63) is 42.0 Å². The van der Waals surface area contributed by atoms with E-state index in [2.05, 4.69) is 5.32 Å². The highest BCUT2D eigenvalue weighted by Crippen LogP contribution is 2.21. The number of carboxylic acids is 1. The number of hydrogen-bond acceptors (Lipinski definition) is 3. The van der Waals surface area contributed by atoms with Crippen molar-refractivity contribution in [3.63, 3.8) is 0 Å². The number of aliphatic carboxylic acids is 1. The molecule has 1 aromatic rings. The highest BCUT2D eigenvalue weighted by molar-refractivity contribution is 7.99. The number of carboxylic acid groups (broad SMARTS) is 1. The van der Waals surface area contributed by atoms with Crippen LogP contribution < -0.4 is 5.32 Å². The molecule has 1 aromatic carbocycles. The van der Waals surface area contributed by atoms with Crippen LogP contribution in [0.2, 0.25) is 0 Å². The van der Waals surface area contributed by atoms with Gasteiger partial charge in [-0.3, -0.25) is 9.59 Å². The third kappa shape index (κ3) is 4.42. The average Bonchev–Trinajstić information content (AvgIpc) is 2.92. The predicted molar refractivity (Wildman–Crippen MR) is 80.7 cm³/mol. The molecule has 0 aliphatic heterocycles. The number of benzene rings is 1. The quantitative estimate of drug-likeness (QED) is 0.791. The van der Waals surface area contributed by atoms with Crippen molar-refractivity contribution in [2.45, 2.75) is 18.6 Å². The van der Waals surface area contributed by atoms with Gasteiger partial charge in [0, 0.05) is 17.4 Å². The van der Waals surface area contributed by atoms with Crippen LogP contribution in [0.4, 0.5) is 5.69 Å². The van der Waals surface area contributed by atoms with Gasteiger partial charge in [-0.1, -0.05) is 24.3 Å². The fraction of sp³-hybridized carbons (Fsp3) is 0.333. The van der Waals surface area contributed by atoms with Crippen LogP contribution >= 0.6 is 11.8 Å². The first-order valence-electron chi connectivity index (χ1n) is 6.49.